The Morgan fingerprint density at radius 3 is 2.79 bits per heavy atom. The maximum atomic E-state index is 5.27. The van der Waals surface area contributed by atoms with E-state index in [4.69, 9.17) is 9.26 Å². The molecule has 0 aromatic carbocycles. The molecule has 0 aliphatic carbocycles. The van der Waals surface area contributed by atoms with Crippen molar-refractivity contribution in [3.05, 3.63) is 11.7 Å². The lowest BCUT2D eigenvalue weighted by molar-refractivity contribution is 0.0170. The lowest BCUT2D eigenvalue weighted by atomic mass is 10.1. The highest BCUT2D eigenvalue weighted by Gasteiger charge is 2.21. The molecule has 0 saturated carbocycles. The summed E-state index contributed by atoms with van der Waals surface area (Å²) >= 11 is 0. The second kappa shape index (κ2) is 4.52. The van der Waals surface area contributed by atoms with Crippen LogP contribution in [0.2, 0.25) is 0 Å². The first-order valence-electron chi connectivity index (χ1n) is 4.58. The molecule has 1 rings (SSSR count). The van der Waals surface area contributed by atoms with Crippen LogP contribution in [0.15, 0.2) is 4.52 Å². The predicted molar refractivity (Wildman–Crippen MR) is 51.9 cm³/mol. The molecule has 0 saturated heterocycles. The number of ether oxygens (including phenoxy) is 1. The van der Waals surface area contributed by atoms with Crippen LogP contribution in [0, 0.1) is 0 Å². The molecule has 1 aromatic heterocycles. The summed E-state index contributed by atoms with van der Waals surface area (Å²) in [7, 11) is 3.51. The number of aromatic nitrogens is 2. The zero-order chi connectivity index (χ0) is 10.6. The second-order valence-electron chi connectivity index (χ2n) is 3.78. The van der Waals surface area contributed by atoms with Crippen LogP contribution in [0.5, 0.6) is 0 Å². The Hall–Kier alpha value is -0.940. The molecule has 1 aromatic rings. The molecular weight excluding hydrogens is 182 g/mol. The van der Waals surface area contributed by atoms with Gasteiger partial charge < -0.3 is 14.6 Å². The number of rotatable bonds is 5. The Morgan fingerprint density at radius 1 is 1.50 bits per heavy atom. The standard InChI is InChI=1S/C9H17N3O2/c1-9(2,13-4)5-8-11-7(6-10-3)12-14-8/h10H,5-6H2,1-4H3. The highest BCUT2D eigenvalue weighted by atomic mass is 16.5. The van der Waals surface area contributed by atoms with E-state index in [-0.39, 0.29) is 5.60 Å². The largest absolute Gasteiger partial charge is 0.378 e. The number of nitrogens with one attached hydrogen (secondary N) is 1. The maximum Gasteiger partial charge on any atom is 0.229 e. The first-order valence-corrected chi connectivity index (χ1v) is 4.58. The summed E-state index contributed by atoms with van der Waals surface area (Å²) in [6.45, 7) is 4.58. The summed E-state index contributed by atoms with van der Waals surface area (Å²) in [4.78, 5) is 4.21. The van der Waals surface area contributed by atoms with Crippen molar-refractivity contribution >= 4 is 0 Å². The van der Waals surface area contributed by atoms with E-state index in [0.29, 0.717) is 24.7 Å². The van der Waals surface area contributed by atoms with Crippen molar-refractivity contribution in [2.45, 2.75) is 32.4 Å². The third-order valence-electron chi connectivity index (χ3n) is 1.97. The van der Waals surface area contributed by atoms with E-state index >= 15 is 0 Å². The van der Waals surface area contributed by atoms with Gasteiger partial charge in [0, 0.05) is 7.11 Å². The molecule has 5 nitrogen and oxygen atoms in total. The van der Waals surface area contributed by atoms with Crippen molar-refractivity contribution in [1.29, 1.82) is 0 Å². The van der Waals surface area contributed by atoms with Crippen LogP contribution in [0.25, 0.3) is 0 Å². The SMILES string of the molecule is CNCc1noc(CC(C)(C)OC)n1. The van der Waals surface area contributed by atoms with Crippen LogP contribution >= 0.6 is 0 Å². The van der Waals surface area contributed by atoms with E-state index in [9.17, 15) is 0 Å². The fourth-order valence-electron chi connectivity index (χ4n) is 1.03. The highest BCUT2D eigenvalue weighted by Crippen LogP contribution is 2.14. The normalized spacial score (nSPS) is 12.0. The number of methoxy groups -OCH3 is 1. The molecule has 0 unspecified atom stereocenters. The zero-order valence-corrected chi connectivity index (χ0v) is 9.13. The van der Waals surface area contributed by atoms with Gasteiger partial charge >= 0.3 is 0 Å². The van der Waals surface area contributed by atoms with Gasteiger partial charge in [-0.3, -0.25) is 0 Å². The van der Waals surface area contributed by atoms with Gasteiger partial charge in [0.2, 0.25) is 5.89 Å². The fraction of sp³-hybridized carbons (Fsp3) is 0.778. The summed E-state index contributed by atoms with van der Waals surface area (Å²) < 4.78 is 10.3. The Labute approximate surface area is 83.8 Å². The van der Waals surface area contributed by atoms with Gasteiger partial charge in [0.25, 0.3) is 0 Å². The molecule has 0 radical (unpaired) electrons. The Morgan fingerprint density at radius 2 is 2.21 bits per heavy atom. The van der Waals surface area contributed by atoms with Gasteiger partial charge in [-0.25, -0.2) is 0 Å². The summed E-state index contributed by atoms with van der Waals surface area (Å²) in [6, 6.07) is 0. The fourth-order valence-corrected chi connectivity index (χ4v) is 1.03. The summed E-state index contributed by atoms with van der Waals surface area (Å²) in [5.41, 5.74) is -0.260. The third-order valence-corrected chi connectivity index (χ3v) is 1.97. The van der Waals surface area contributed by atoms with E-state index in [1.807, 2.05) is 20.9 Å². The van der Waals surface area contributed by atoms with Crippen LogP contribution in [0.1, 0.15) is 25.6 Å². The quantitative estimate of drug-likeness (QED) is 0.758. The molecule has 0 bridgehead atoms. The molecule has 5 heteroatoms. The number of hydrogen-bond donors (Lipinski definition) is 1. The van der Waals surface area contributed by atoms with E-state index < -0.39 is 0 Å². The van der Waals surface area contributed by atoms with Crippen LogP contribution in [-0.2, 0) is 17.7 Å². The minimum Gasteiger partial charge on any atom is -0.378 e. The Bertz CT molecular complexity index is 283. The average Bonchev–Trinajstić information content (AvgIpc) is 2.53. The predicted octanol–water partition coefficient (Wildman–Crippen LogP) is 0.756. The van der Waals surface area contributed by atoms with Gasteiger partial charge in [-0.15, -0.1) is 0 Å². The van der Waals surface area contributed by atoms with Gasteiger partial charge in [-0.1, -0.05) is 5.16 Å². The van der Waals surface area contributed by atoms with E-state index in [1.165, 1.54) is 0 Å². The first-order chi connectivity index (χ1) is 6.57. The van der Waals surface area contributed by atoms with Crippen molar-refractivity contribution in [1.82, 2.24) is 15.5 Å². The molecule has 14 heavy (non-hydrogen) atoms. The van der Waals surface area contributed by atoms with Crippen molar-refractivity contribution in [3.63, 3.8) is 0 Å². The third kappa shape index (κ3) is 3.08. The van der Waals surface area contributed by atoms with E-state index in [0.717, 1.165) is 0 Å². The first kappa shape index (κ1) is 11.1. The molecule has 0 spiro atoms. The Balaban J connectivity index is 2.59. The van der Waals surface area contributed by atoms with Crippen molar-refractivity contribution in [3.8, 4) is 0 Å². The molecule has 1 heterocycles. The van der Waals surface area contributed by atoms with Gasteiger partial charge in [0.1, 0.15) is 0 Å². The average molecular weight is 199 g/mol. The molecule has 0 aliphatic heterocycles. The highest BCUT2D eigenvalue weighted by molar-refractivity contribution is 4.90. The van der Waals surface area contributed by atoms with E-state index in [2.05, 4.69) is 15.5 Å². The maximum absolute atomic E-state index is 5.27. The molecule has 0 amide bonds. The zero-order valence-electron chi connectivity index (χ0n) is 9.13. The van der Waals surface area contributed by atoms with E-state index in [1.54, 1.807) is 7.11 Å². The number of hydrogen-bond acceptors (Lipinski definition) is 5. The van der Waals surface area contributed by atoms with Crippen LogP contribution in [0.3, 0.4) is 0 Å². The molecule has 0 aliphatic rings. The summed E-state index contributed by atoms with van der Waals surface area (Å²) in [6.07, 6.45) is 0.625. The minimum atomic E-state index is -0.260. The molecule has 0 atom stereocenters. The lowest BCUT2D eigenvalue weighted by Crippen LogP contribution is -2.25. The van der Waals surface area contributed by atoms with Gasteiger partial charge in [-0.2, -0.15) is 4.98 Å². The van der Waals surface area contributed by atoms with Crippen LogP contribution < -0.4 is 5.32 Å². The molecule has 80 valence electrons. The van der Waals surface area contributed by atoms with Crippen molar-refractivity contribution in [2.75, 3.05) is 14.2 Å². The number of nitrogens with zero attached hydrogens (tertiary/aromatic N) is 2. The van der Waals surface area contributed by atoms with Gasteiger partial charge in [0.05, 0.1) is 18.6 Å². The molecule has 1 N–H and O–H groups in total. The van der Waals surface area contributed by atoms with Crippen LogP contribution in [0.4, 0.5) is 0 Å². The Kier molecular flexibility index (Phi) is 3.60. The van der Waals surface area contributed by atoms with Crippen LogP contribution in [-0.4, -0.2) is 29.9 Å². The lowest BCUT2D eigenvalue weighted by Gasteiger charge is -2.19. The summed E-state index contributed by atoms with van der Waals surface area (Å²) in [5, 5.41) is 6.78. The van der Waals surface area contributed by atoms with Gasteiger partial charge in [0.15, 0.2) is 5.82 Å². The molecular formula is C9H17N3O2. The molecule has 0 fully saturated rings. The smallest absolute Gasteiger partial charge is 0.229 e. The topological polar surface area (TPSA) is 60.2 Å². The van der Waals surface area contributed by atoms with Gasteiger partial charge in [-0.05, 0) is 20.9 Å². The summed E-state index contributed by atoms with van der Waals surface area (Å²) in [5.74, 6) is 1.29. The minimum absolute atomic E-state index is 0.260. The van der Waals surface area contributed by atoms with Crippen molar-refractivity contribution < 1.29 is 9.26 Å². The monoisotopic (exact) mass is 199 g/mol. The van der Waals surface area contributed by atoms with Crippen molar-refractivity contribution in [2.24, 2.45) is 0 Å². The second-order valence-corrected chi connectivity index (χ2v) is 3.78.